The summed E-state index contributed by atoms with van der Waals surface area (Å²) in [7, 11) is 3.58. The maximum absolute atomic E-state index is 13.5. The zero-order chi connectivity index (χ0) is 58.8. The van der Waals surface area contributed by atoms with E-state index >= 15 is 0 Å². The lowest BCUT2D eigenvalue weighted by molar-refractivity contribution is -0.123. The molecule has 13 heteroatoms. The lowest BCUT2D eigenvalue weighted by Crippen LogP contribution is -2.24. The second-order valence-corrected chi connectivity index (χ2v) is 34.1. The molecule has 0 saturated carbocycles. The molecule has 11 rings (SSSR count). The largest absolute Gasteiger partial charge is 0.315 e. The standard InChI is InChI=1S/C72H90N2O2S9/c1-7-9-11-13-15-17-19-21-23-25-27-29-31-33-35-37-49-61(56-45-42-52(79-56)51-40-39-47(3)77-51)81-65-63(49)83-69-67(65)85-68-66-64(84-70(68)69)50(38-36-34-32-30-28-26-24-22-20-18-16-14-12-10-8-2)62(82-66)57-46-43-54(80-57)53-41-44-55(78-53)60-59-58(71(75)74(60)6)48(4)73(5)72(59)76/h39-46H,7-38H2,1-6H3. The second kappa shape index (κ2) is 30.5. The van der Waals surface area contributed by atoms with Gasteiger partial charge in [-0.25, -0.2) is 0 Å². The van der Waals surface area contributed by atoms with Crippen molar-refractivity contribution in [1.29, 1.82) is 0 Å². The first-order chi connectivity index (χ1) is 41.6. The molecule has 0 aromatic carbocycles. The Labute approximate surface area is 544 Å². The van der Waals surface area contributed by atoms with E-state index in [9.17, 15) is 9.59 Å². The number of unbranched alkanes of at least 4 members (excludes halogenated alkanes) is 28. The number of rotatable bonds is 37. The van der Waals surface area contributed by atoms with Crippen LogP contribution < -0.4 is 0 Å². The SMILES string of the molecule is CCCCCCCCCCCCCCCCCc1c(-c2ccc(-c3ccc(C)s3)s2)sc2c1sc1c2sc2c3sc(-c4ccc(-c5ccc(C6=C7C(=O)N(C)C(C)=C7C(=O)N6C)s5)s4)c(CCCCCCCCCCCCCCCCC)c3sc21. The van der Waals surface area contributed by atoms with Crippen molar-refractivity contribution in [2.45, 2.75) is 233 Å². The van der Waals surface area contributed by atoms with E-state index in [0.29, 0.717) is 11.1 Å². The zero-order valence-electron chi connectivity index (χ0n) is 51.6. The van der Waals surface area contributed by atoms with Crippen LogP contribution in [0.25, 0.3) is 82.3 Å². The predicted molar refractivity (Wildman–Crippen MR) is 386 cm³/mol. The third-order valence-corrected chi connectivity index (χ3v) is 30.2. The number of hydrogen-bond acceptors (Lipinski definition) is 11. The minimum atomic E-state index is -0.0932. The molecule has 2 amide bonds. The van der Waals surface area contributed by atoms with Gasteiger partial charge in [0.1, 0.15) is 0 Å². The molecule has 0 N–H and O–H groups in total. The molecule has 9 aromatic rings. The molecule has 454 valence electrons. The van der Waals surface area contributed by atoms with Gasteiger partial charge >= 0.3 is 0 Å². The van der Waals surface area contributed by atoms with Crippen LogP contribution in [0.5, 0.6) is 0 Å². The van der Waals surface area contributed by atoms with E-state index in [4.69, 9.17) is 0 Å². The topological polar surface area (TPSA) is 40.6 Å². The minimum Gasteiger partial charge on any atom is -0.315 e. The van der Waals surface area contributed by atoms with Gasteiger partial charge in [-0.3, -0.25) is 9.59 Å². The summed E-state index contributed by atoms with van der Waals surface area (Å²) < 4.78 is 12.2. The fourth-order valence-corrected chi connectivity index (χ4v) is 25.3. The van der Waals surface area contributed by atoms with Crippen molar-refractivity contribution < 1.29 is 9.59 Å². The van der Waals surface area contributed by atoms with Crippen LogP contribution in [0, 0.1) is 6.92 Å². The van der Waals surface area contributed by atoms with E-state index in [1.54, 1.807) is 44.0 Å². The van der Waals surface area contributed by atoms with Crippen LogP contribution in [0.2, 0.25) is 0 Å². The van der Waals surface area contributed by atoms with E-state index in [1.807, 2.05) is 48.0 Å². The smallest absolute Gasteiger partial charge is 0.260 e. The third kappa shape index (κ3) is 14.4. The minimum absolute atomic E-state index is 0.0932. The summed E-state index contributed by atoms with van der Waals surface area (Å²) >= 11 is 17.9. The Morgan fingerprint density at radius 3 is 1.00 bits per heavy atom. The molecular formula is C72H90N2O2S9. The van der Waals surface area contributed by atoms with Crippen LogP contribution in [0.15, 0.2) is 65.4 Å². The van der Waals surface area contributed by atoms with Gasteiger partial charge in [-0.15, -0.1) is 102 Å². The van der Waals surface area contributed by atoms with Crippen LogP contribution >= 0.6 is 102 Å². The summed E-state index contributed by atoms with van der Waals surface area (Å²) in [5.74, 6) is -0.186. The summed E-state index contributed by atoms with van der Waals surface area (Å²) in [6.07, 6.45) is 43.9. The normalized spacial score (nSPS) is 14.0. The first kappa shape index (κ1) is 63.3. The summed E-state index contributed by atoms with van der Waals surface area (Å²) in [6, 6.07) is 18.4. The first-order valence-corrected chi connectivity index (χ1v) is 40.2. The molecule has 2 aliphatic rings. The highest BCUT2D eigenvalue weighted by Crippen LogP contribution is 2.59. The molecule has 0 saturated heterocycles. The molecule has 0 spiro atoms. The lowest BCUT2D eigenvalue weighted by atomic mass is 10.0. The predicted octanol–water partition coefficient (Wildman–Crippen LogP) is 26.6. The Morgan fingerprint density at radius 1 is 0.306 bits per heavy atom. The van der Waals surface area contributed by atoms with Crippen LogP contribution in [-0.2, 0) is 22.4 Å². The molecule has 4 nitrogen and oxygen atoms in total. The highest BCUT2D eigenvalue weighted by atomic mass is 32.1. The number of fused-ring (bicyclic) bond motifs is 8. The van der Waals surface area contributed by atoms with Crippen molar-refractivity contribution in [3.63, 3.8) is 0 Å². The van der Waals surface area contributed by atoms with Gasteiger partial charge in [-0.2, -0.15) is 0 Å². The number of likely N-dealkylation sites (N-methyl/N-ethyl adjacent to an activating group) is 2. The average molecular weight is 1300 g/mol. The van der Waals surface area contributed by atoms with Crippen LogP contribution in [0.3, 0.4) is 0 Å². The van der Waals surface area contributed by atoms with Gasteiger partial charge < -0.3 is 9.80 Å². The third-order valence-electron chi connectivity index (χ3n) is 18.1. The summed E-state index contributed by atoms with van der Waals surface area (Å²) in [5, 5.41) is 0. The molecule has 0 unspecified atom stereocenters. The van der Waals surface area contributed by atoms with Crippen LogP contribution in [0.4, 0.5) is 0 Å². The molecule has 0 bridgehead atoms. The molecule has 0 aliphatic carbocycles. The molecule has 0 atom stereocenters. The number of nitrogens with zero attached hydrogens (tertiary/aromatic N) is 2. The van der Waals surface area contributed by atoms with Gasteiger partial charge in [-0.1, -0.05) is 194 Å². The van der Waals surface area contributed by atoms with Crippen LogP contribution in [0.1, 0.15) is 234 Å². The highest BCUT2D eigenvalue weighted by Gasteiger charge is 2.45. The van der Waals surface area contributed by atoms with Crippen molar-refractivity contribution >= 4 is 157 Å². The lowest BCUT2D eigenvalue weighted by Gasteiger charge is -2.17. The van der Waals surface area contributed by atoms with Gasteiger partial charge in [-0.05, 0) is 99.2 Å². The van der Waals surface area contributed by atoms with Gasteiger partial charge in [0.15, 0.2) is 0 Å². The first-order valence-electron chi connectivity index (χ1n) is 32.9. The zero-order valence-corrected chi connectivity index (χ0v) is 59.0. The molecule has 0 radical (unpaired) electrons. The van der Waals surface area contributed by atoms with Gasteiger partial charge in [0.05, 0.1) is 59.3 Å². The molecule has 2 aliphatic heterocycles. The van der Waals surface area contributed by atoms with Gasteiger partial charge in [0, 0.05) is 63.7 Å². The maximum atomic E-state index is 13.5. The van der Waals surface area contributed by atoms with Gasteiger partial charge in [0.2, 0.25) is 0 Å². The van der Waals surface area contributed by atoms with Gasteiger partial charge in [0.25, 0.3) is 11.8 Å². The average Bonchev–Trinajstić information content (AvgIpc) is 1.69. The highest BCUT2D eigenvalue weighted by molar-refractivity contribution is 7.49. The maximum Gasteiger partial charge on any atom is 0.260 e. The molecule has 85 heavy (non-hydrogen) atoms. The van der Waals surface area contributed by atoms with Crippen molar-refractivity contribution in [3.05, 3.63) is 86.3 Å². The fraction of sp³-hybridized carbons (Fsp3) is 0.528. The molecule has 0 fully saturated rings. The number of aryl methyl sites for hydroxylation is 3. The number of hydrogen-bond donors (Lipinski definition) is 0. The van der Waals surface area contributed by atoms with Crippen molar-refractivity contribution in [2.75, 3.05) is 14.1 Å². The number of amides is 2. The fourth-order valence-electron chi connectivity index (χ4n) is 13.0. The van der Waals surface area contributed by atoms with Crippen molar-refractivity contribution in [2.24, 2.45) is 0 Å². The van der Waals surface area contributed by atoms with E-state index in [1.165, 1.54) is 276 Å². The molecule has 11 heterocycles. The number of carbonyl (C=O) groups is 2. The van der Waals surface area contributed by atoms with Crippen LogP contribution in [-0.4, -0.2) is 35.7 Å². The van der Waals surface area contributed by atoms with E-state index < -0.39 is 0 Å². The second-order valence-electron chi connectivity index (χ2n) is 24.5. The van der Waals surface area contributed by atoms with E-state index in [-0.39, 0.29) is 11.8 Å². The summed E-state index contributed by atoms with van der Waals surface area (Å²) in [4.78, 5) is 43.6. The Balaban J connectivity index is 0.823. The van der Waals surface area contributed by atoms with Crippen molar-refractivity contribution in [3.8, 4) is 39.0 Å². The number of thiophene rings is 9. The number of carbonyl (C=O) groups excluding carboxylic acids is 2. The molecule has 9 aromatic heterocycles. The Kier molecular flexibility index (Phi) is 22.7. The Bertz CT molecular complexity index is 3750. The summed E-state index contributed by atoms with van der Waals surface area (Å²) in [6.45, 7) is 8.72. The summed E-state index contributed by atoms with van der Waals surface area (Å²) in [5.41, 5.74) is 5.75. The Morgan fingerprint density at radius 2 is 0.612 bits per heavy atom. The Hall–Kier alpha value is -3.24. The molecular weight excluding hydrogens is 1210 g/mol. The number of allylic oxidation sites excluding steroid dienone is 1. The quantitative estimate of drug-likeness (QED) is 0.0364. The van der Waals surface area contributed by atoms with E-state index in [2.05, 4.69) is 126 Å². The van der Waals surface area contributed by atoms with E-state index in [0.717, 1.165) is 22.7 Å². The monoisotopic (exact) mass is 1300 g/mol. The van der Waals surface area contributed by atoms with Crippen molar-refractivity contribution in [1.82, 2.24) is 9.80 Å².